The molecule has 1 aliphatic rings. The molecule has 0 saturated carbocycles. The van der Waals surface area contributed by atoms with E-state index in [1.807, 2.05) is 23.1 Å². The first kappa shape index (κ1) is 14.6. The number of aliphatic hydroxyl groups is 1. The zero-order valence-electron chi connectivity index (χ0n) is 12.1. The number of amides is 1. The number of carbonyl (C=O) groups excluding carboxylic acids is 1. The second kappa shape index (κ2) is 6.58. The van der Waals surface area contributed by atoms with Gasteiger partial charge >= 0.3 is 0 Å². The number of aliphatic hydroxyl groups excluding tert-OH is 1. The first-order chi connectivity index (χ1) is 9.61. The molecule has 1 N–H and O–H groups in total. The Balaban J connectivity index is 2.16. The van der Waals surface area contributed by atoms with Gasteiger partial charge in [0.05, 0.1) is 0 Å². The third-order valence-corrected chi connectivity index (χ3v) is 3.82. The molecule has 1 aromatic carbocycles. The second-order valence-corrected chi connectivity index (χ2v) is 5.52. The molecule has 1 fully saturated rings. The van der Waals surface area contributed by atoms with Crippen molar-refractivity contribution in [2.75, 3.05) is 13.2 Å². The Kier molecular flexibility index (Phi) is 4.81. The van der Waals surface area contributed by atoms with Crippen LogP contribution in [0.1, 0.15) is 42.6 Å². The number of hydrogen-bond donors (Lipinski definition) is 1. The molecule has 0 aromatic heterocycles. The fourth-order valence-corrected chi connectivity index (χ4v) is 2.75. The molecular formula is C17H21NO2. The maximum Gasteiger partial charge on any atom is 0.254 e. The summed E-state index contributed by atoms with van der Waals surface area (Å²) in [4.78, 5) is 14.5. The zero-order valence-corrected chi connectivity index (χ0v) is 12.1. The van der Waals surface area contributed by atoms with Crippen LogP contribution in [0, 0.1) is 17.8 Å². The largest absolute Gasteiger partial charge is 0.384 e. The maximum atomic E-state index is 12.6. The third-order valence-electron chi connectivity index (χ3n) is 3.82. The van der Waals surface area contributed by atoms with E-state index in [1.165, 1.54) is 0 Å². The van der Waals surface area contributed by atoms with Crippen LogP contribution in [0.15, 0.2) is 24.3 Å². The molecular weight excluding hydrogens is 250 g/mol. The van der Waals surface area contributed by atoms with Gasteiger partial charge in [-0.2, -0.15) is 0 Å². The molecule has 3 heteroatoms. The molecule has 1 aliphatic heterocycles. The molecule has 0 aliphatic carbocycles. The van der Waals surface area contributed by atoms with Crippen molar-refractivity contribution in [3.63, 3.8) is 0 Å². The Labute approximate surface area is 120 Å². The van der Waals surface area contributed by atoms with E-state index >= 15 is 0 Å². The van der Waals surface area contributed by atoms with Crippen LogP contribution < -0.4 is 0 Å². The number of nitrogens with zero attached hydrogens (tertiary/aromatic N) is 1. The van der Waals surface area contributed by atoms with Gasteiger partial charge in [-0.25, -0.2) is 0 Å². The number of carbonyl (C=O) groups is 1. The monoisotopic (exact) mass is 271 g/mol. The predicted octanol–water partition coefficient (Wildman–Crippen LogP) is 2.29. The van der Waals surface area contributed by atoms with Crippen molar-refractivity contribution in [1.29, 1.82) is 0 Å². The van der Waals surface area contributed by atoms with Crippen LogP contribution in [-0.2, 0) is 0 Å². The van der Waals surface area contributed by atoms with E-state index in [9.17, 15) is 4.79 Å². The summed E-state index contributed by atoms with van der Waals surface area (Å²) in [6.07, 6.45) is 2.13. The predicted molar refractivity (Wildman–Crippen MR) is 79.3 cm³/mol. The van der Waals surface area contributed by atoms with Gasteiger partial charge < -0.3 is 10.0 Å². The molecule has 1 heterocycles. The van der Waals surface area contributed by atoms with E-state index in [-0.39, 0.29) is 12.5 Å². The van der Waals surface area contributed by atoms with E-state index in [0.717, 1.165) is 24.9 Å². The summed E-state index contributed by atoms with van der Waals surface area (Å²) in [6, 6.07) is 7.61. The highest BCUT2D eigenvalue weighted by atomic mass is 16.2. The maximum absolute atomic E-state index is 12.6. The van der Waals surface area contributed by atoms with Gasteiger partial charge in [0, 0.05) is 23.7 Å². The average Bonchev–Trinajstić information content (AvgIpc) is 2.45. The van der Waals surface area contributed by atoms with E-state index in [1.54, 1.807) is 6.07 Å². The fraction of sp³-hybridized carbons (Fsp3) is 0.471. The molecule has 0 spiro atoms. The Morgan fingerprint density at radius 2 is 2.25 bits per heavy atom. The molecule has 20 heavy (non-hydrogen) atoms. The Bertz CT molecular complexity index is 541. The Morgan fingerprint density at radius 1 is 1.45 bits per heavy atom. The summed E-state index contributed by atoms with van der Waals surface area (Å²) in [6.45, 7) is 5.01. The number of hydrogen-bond acceptors (Lipinski definition) is 2. The summed E-state index contributed by atoms with van der Waals surface area (Å²) < 4.78 is 0. The highest BCUT2D eigenvalue weighted by Gasteiger charge is 2.27. The van der Waals surface area contributed by atoms with Gasteiger partial charge in [0.2, 0.25) is 0 Å². The molecule has 2 unspecified atom stereocenters. The normalized spacial score (nSPS) is 22.1. The molecule has 0 radical (unpaired) electrons. The summed E-state index contributed by atoms with van der Waals surface area (Å²) in [5.41, 5.74) is 1.44. The zero-order chi connectivity index (χ0) is 14.5. The average molecular weight is 271 g/mol. The SMILES string of the molecule is CC1CCN(C(=O)c2cccc(C#CCO)c2)C(C)C1. The van der Waals surface area contributed by atoms with Crippen LogP contribution >= 0.6 is 0 Å². The van der Waals surface area contributed by atoms with Crippen molar-refractivity contribution in [3.8, 4) is 11.8 Å². The summed E-state index contributed by atoms with van der Waals surface area (Å²) in [5, 5.41) is 8.72. The van der Waals surface area contributed by atoms with Gasteiger partial charge in [-0.3, -0.25) is 4.79 Å². The Morgan fingerprint density at radius 3 is 2.95 bits per heavy atom. The van der Waals surface area contributed by atoms with Crippen LogP contribution in [0.4, 0.5) is 0 Å². The lowest BCUT2D eigenvalue weighted by atomic mass is 9.93. The number of likely N-dealkylation sites (tertiary alicyclic amines) is 1. The minimum atomic E-state index is -0.167. The minimum absolute atomic E-state index is 0.0806. The lowest BCUT2D eigenvalue weighted by Crippen LogP contribution is -2.44. The lowest BCUT2D eigenvalue weighted by Gasteiger charge is -2.36. The van der Waals surface area contributed by atoms with Gasteiger partial charge in [0.25, 0.3) is 5.91 Å². The quantitative estimate of drug-likeness (QED) is 0.796. The van der Waals surface area contributed by atoms with Gasteiger partial charge in [0.15, 0.2) is 0 Å². The molecule has 3 nitrogen and oxygen atoms in total. The van der Waals surface area contributed by atoms with E-state index in [0.29, 0.717) is 17.5 Å². The lowest BCUT2D eigenvalue weighted by molar-refractivity contribution is 0.0588. The van der Waals surface area contributed by atoms with Crippen molar-refractivity contribution in [1.82, 2.24) is 4.90 Å². The van der Waals surface area contributed by atoms with Crippen LogP contribution in [0.25, 0.3) is 0 Å². The smallest absolute Gasteiger partial charge is 0.254 e. The molecule has 2 rings (SSSR count). The summed E-state index contributed by atoms with van der Waals surface area (Å²) in [7, 11) is 0. The third kappa shape index (κ3) is 3.40. The molecule has 1 aromatic rings. The van der Waals surface area contributed by atoms with Gasteiger partial charge in [0.1, 0.15) is 6.61 Å². The Hall–Kier alpha value is -1.79. The summed E-state index contributed by atoms with van der Waals surface area (Å²) in [5.74, 6) is 6.22. The van der Waals surface area contributed by atoms with Crippen molar-refractivity contribution in [2.45, 2.75) is 32.7 Å². The molecule has 1 saturated heterocycles. The van der Waals surface area contributed by atoms with Gasteiger partial charge in [-0.1, -0.05) is 24.8 Å². The standard InChI is InChI=1S/C17H21NO2/c1-13-8-9-18(14(2)11-13)17(20)16-7-3-5-15(12-16)6-4-10-19/h3,5,7,12-14,19H,8-11H2,1-2H3. The van der Waals surface area contributed by atoms with Crippen LogP contribution in [0.2, 0.25) is 0 Å². The first-order valence-corrected chi connectivity index (χ1v) is 7.12. The fourth-order valence-electron chi connectivity index (χ4n) is 2.75. The summed E-state index contributed by atoms with van der Waals surface area (Å²) >= 11 is 0. The van der Waals surface area contributed by atoms with Crippen molar-refractivity contribution in [3.05, 3.63) is 35.4 Å². The van der Waals surface area contributed by atoms with E-state index in [2.05, 4.69) is 25.7 Å². The molecule has 106 valence electrons. The topological polar surface area (TPSA) is 40.5 Å². The number of benzene rings is 1. The van der Waals surface area contributed by atoms with Crippen LogP contribution in [0.3, 0.4) is 0 Å². The number of rotatable bonds is 1. The van der Waals surface area contributed by atoms with Gasteiger partial charge in [-0.15, -0.1) is 0 Å². The van der Waals surface area contributed by atoms with Crippen LogP contribution in [-0.4, -0.2) is 35.1 Å². The van der Waals surface area contributed by atoms with Gasteiger partial charge in [-0.05, 0) is 43.9 Å². The molecule has 2 atom stereocenters. The van der Waals surface area contributed by atoms with Crippen LogP contribution in [0.5, 0.6) is 0 Å². The second-order valence-electron chi connectivity index (χ2n) is 5.52. The highest BCUT2D eigenvalue weighted by molar-refractivity contribution is 5.94. The highest BCUT2D eigenvalue weighted by Crippen LogP contribution is 2.23. The van der Waals surface area contributed by atoms with Crippen molar-refractivity contribution >= 4 is 5.91 Å². The van der Waals surface area contributed by atoms with Crippen molar-refractivity contribution in [2.24, 2.45) is 5.92 Å². The molecule has 1 amide bonds. The minimum Gasteiger partial charge on any atom is -0.384 e. The van der Waals surface area contributed by atoms with E-state index in [4.69, 9.17) is 5.11 Å². The van der Waals surface area contributed by atoms with Crippen molar-refractivity contribution < 1.29 is 9.90 Å². The first-order valence-electron chi connectivity index (χ1n) is 7.12. The molecule has 0 bridgehead atoms. The number of piperidine rings is 1. The van der Waals surface area contributed by atoms with E-state index < -0.39 is 0 Å².